The number of nitro benzene ring substituents is 1. The third kappa shape index (κ3) is 2.44. The summed E-state index contributed by atoms with van der Waals surface area (Å²) in [6.07, 6.45) is 2.56. The Morgan fingerprint density at radius 2 is 2.21 bits per heavy atom. The molecule has 3 N–H and O–H groups in total. The van der Waals surface area contributed by atoms with Crippen molar-refractivity contribution < 1.29 is 9.72 Å². The van der Waals surface area contributed by atoms with Crippen LogP contribution in [0, 0.1) is 22.5 Å². The van der Waals surface area contributed by atoms with Gasteiger partial charge in [0.1, 0.15) is 0 Å². The summed E-state index contributed by atoms with van der Waals surface area (Å²) in [5, 5.41) is 13.6. The Morgan fingerprint density at radius 1 is 1.53 bits per heavy atom. The smallest absolute Gasteiger partial charge is 0.274 e. The number of benzene rings is 1. The number of hydrogen-bond donors (Lipinski definition) is 2. The van der Waals surface area contributed by atoms with Crippen molar-refractivity contribution >= 4 is 17.3 Å². The van der Waals surface area contributed by atoms with Gasteiger partial charge < -0.3 is 11.1 Å². The van der Waals surface area contributed by atoms with Gasteiger partial charge in [-0.3, -0.25) is 14.9 Å². The average Bonchev–Trinajstić information content (AvgIpc) is 2.30. The number of anilines is 1. The first-order chi connectivity index (χ1) is 8.98. The lowest BCUT2D eigenvalue weighted by atomic mass is 9.68. The summed E-state index contributed by atoms with van der Waals surface area (Å²) in [6, 6.07) is 4.68. The van der Waals surface area contributed by atoms with E-state index in [4.69, 9.17) is 5.73 Å². The van der Waals surface area contributed by atoms with E-state index in [2.05, 4.69) is 5.32 Å². The summed E-state index contributed by atoms with van der Waals surface area (Å²) in [7, 11) is 0. The first-order valence-electron chi connectivity index (χ1n) is 6.25. The predicted octanol–water partition coefficient (Wildman–Crippen LogP) is 1.97. The molecule has 6 heteroatoms. The van der Waals surface area contributed by atoms with E-state index in [0.717, 1.165) is 19.3 Å². The summed E-state index contributed by atoms with van der Waals surface area (Å²) in [5.74, 6) is -0.139. The summed E-state index contributed by atoms with van der Waals surface area (Å²) in [4.78, 5) is 22.6. The number of nitrogens with zero attached hydrogens (tertiary/aromatic N) is 1. The fraction of sp³-hybridized carbons (Fsp3) is 0.462. The van der Waals surface area contributed by atoms with Crippen LogP contribution in [0.25, 0.3) is 0 Å². The number of aryl methyl sites for hydroxylation is 1. The van der Waals surface area contributed by atoms with Crippen molar-refractivity contribution in [2.24, 2.45) is 11.1 Å². The van der Waals surface area contributed by atoms with Crippen molar-refractivity contribution in [3.63, 3.8) is 0 Å². The number of hydrogen-bond acceptors (Lipinski definition) is 4. The Morgan fingerprint density at radius 3 is 2.68 bits per heavy atom. The highest BCUT2D eigenvalue weighted by Crippen LogP contribution is 2.41. The van der Waals surface area contributed by atoms with Gasteiger partial charge in [-0.15, -0.1) is 0 Å². The van der Waals surface area contributed by atoms with Crippen LogP contribution in [0.1, 0.15) is 24.8 Å². The Balaban J connectivity index is 2.17. The van der Waals surface area contributed by atoms with Crippen molar-refractivity contribution in [2.45, 2.75) is 26.2 Å². The number of nitrogens with two attached hydrogens (primary N) is 1. The molecule has 0 unspecified atom stereocenters. The van der Waals surface area contributed by atoms with Crippen molar-refractivity contribution in [3.05, 3.63) is 33.9 Å². The molecule has 1 aliphatic carbocycles. The zero-order valence-corrected chi connectivity index (χ0v) is 10.8. The van der Waals surface area contributed by atoms with Gasteiger partial charge in [-0.25, -0.2) is 0 Å². The second-order valence-electron chi connectivity index (χ2n) is 5.05. The van der Waals surface area contributed by atoms with Gasteiger partial charge >= 0.3 is 0 Å². The van der Waals surface area contributed by atoms with Crippen LogP contribution in [0.4, 0.5) is 11.4 Å². The van der Waals surface area contributed by atoms with E-state index >= 15 is 0 Å². The molecule has 0 aliphatic heterocycles. The second-order valence-corrected chi connectivity index (χ2v) is 5.05. The fourth-order valence-corrected chi connectivity index (χ4v) is 2.27. The topological polar surface area (TPSA) is 98.3 Å². The van der Waals surface area contributed by atoms with Gasteiger partial charge in [0, 0.05) is 23.9 Å². The van der Waals surface area contributed by atoms with E-state index < -0.39 is 10.3 Å². The molecule has 0 aromatic heterocycles. The van der Waals surface area contributed by atoms with Gasteiger partial charge in [0.05, 0.1) is 10.3 Å². The molecule has 0 bridgehead atoms. The van der Waals surface area contributed by atoms with E-state index in [1.54, 1.807) is 19.1 Å². The van der Waals surface area contributed by atoms with E-state index in [9.17, 15) is 14.9 Å². The van der Waals surface area contributed by atoms with Crippen LogP contribution in [0.2, 0.25) is 0 Å². The molecule has 0 saturated heterocycles. The normalized spacial score (nSPS) is 16.5. The number of carbonyl (C=O) groups is 1. The quantitative estimate of drug-likeness (QED) is 0.640. The number of nitro groups is 1. The zero-order valence-electron chi connectivity index (χ0n) is 10.8. The van der Waals surface area contributed by atoms with Crippen LogP contribution in [0.15, 0.2) is 18.2 Å². The maximum atomic E-state index is 12.2. The molecule has 19 heavy (non-hydrogen) atoms. The van der Waals surface area contributed by atoms with Crippen molar-refractivity contribution in [2.75, 3.05) is 11.9 Å². The summed E-state index contributed by atoms with van der Waals surface area (Å²) in [6.45, 7) is 1.98. The second kappa shape index (κ2) is 4.97. The molecular formula is C13H17N3O3. The highest BCUT2D eigenvalue weighted by Gasteiger charge is 2.42. The summed E-state index contributed by atoms with van der Waals surface area (Å²) in [5.41, 5.74) is 6.19. The Bertz CT molecular complexity index is 518. The lowest BCUT2D eigenvalue weighted by Gasteiger charge is -2.39. The monoisotopic (exact) mass is 263 g/mol. The summed E-state index contributed by atoms with van der Waals surface area (Å²) >= 11 is 0. The minimum atomic E-state index is -0.486. The zero-order chi connectivity index (χ0) is 14.0. The van der Waals surface area contributed by atoms with Crippen LogP contribution in [0.3, 0.4) is 0 Å². The molecule has 0 radical (unpaired) electrons. The highest BCUT2D eigenvalue weighted by atomic mass is 16.6. The molecule has 2 rings (SSSR count). The number of rotatable bonds is 4. The van der Waals surface area contributed by atoms with Crippen LogP contribution in [-0.4, -0.2) is 17.4 Å². The number of amides is 1. The minimum Gasteiger partial charge on any atom is -0.329 e. The molecule has 0 atom stereocenters. The maximum Gasteiger partial charge on any atom is 0.274 e. The molecule has 1 fully saturated rings. The van der Waals surface area contributed by atoms with Gasteiger partial charge in [-0.05, 0) is 25.8 Å². The van der Waals surface area contributed by atoms with Gasteiger partial charge in [0.25, 0.3) is 5.69 Å². The Kier molecular flexibility index (Phi) is 3.53. The molecule has 1 aliphatic rings. The largest absolute Gasteiger partial charge is 0.329 e. The van der Waals surface area contributed by atoms with Crippen LogP contribution in [-0.2, 0) is 4.79 Å². The van der Waals surface area contributed by atoms with Crippen molar-refractivity contribution in [1.29, 1.82) is 0 Å². The fourth-order valence-electron chi connectivity index (χ4n) is 2.27. The average molecular weight is 263 g/mol. The van der Waals surface area contributed by atoms with Crippen molar-refractivity contribution in [1.82, 2.24) is 0 Å². The molecule has 0 spiro atoms. The Hall–Kier alpha value is -1.95. The van der Waals surface area contributed by atoms with E-state index in [0.29, 0.717) is 17.8 Å². The van der Waals surface area contributed by atoms with E-state index in [1.165, 1.54) is 6.07 Å². The Labute approximate surface area is 111 Å². The SMILES string of the molecule is Cc1ccc(NC(=O)C2(CN)CCC2)cc1[N+](=O)[O-]. The molecule has 0 heterocycles. The first kappa shape index (κ1) is 13.5. The first-order valence-corrected chi connectivity index (χ1v) is 6.25. The van der Waals surface area contributed by atoms with Crippen molar-refractivity contribution in [3.8, 4) is 0 Å². The third-order valence-corrected chi connectivity index (χ3v) is 3.85. The lowest BCUT2D eigenvalue weighted by Crippen LogP contribution is -2.47. The standard InChI is InChI=1S/C13H17N3O3/c1-9-3-4-10(7-11(9)16(18)19)15-12(17)13(8-14)5-2-6-13/h3-4,7H,2,5-6,8,14H2,1H3,(H,15,17). The molecular weight excluding hydrogens is 246 g/mol. The van der Waals surface area contributed by atoms with Gasteiger partial charge in [0.15, 0.2) is 0 Å². The predicted molar refractivity (Wildman–Crippen MR) is 71.8 cm³/mol. The molecule has 6 nitrogen and oxygen atoms in total. The molecule has 1 saturated carbocycles. The molecule has 1 aromatic rings. The third-order valence-electron chi connectivity index (χ3n) is 3.85. The van der Waals surface area contributed by atoms with E-state index in [1.807, 2.05) is 0 Å². The minimum absolute atomic E-state index is 0.00760. The van der Waals surface area contributed by atoms with Crippen LogP contribution >= 0.6 is 0 Å². The number of nitrogens with one attached hydrogen (secondary N) is 1. The molecule has 102 valence electrons. The maximum absolute atomic E-state index is 12.2. The lowest BCUT2D eigenvalue weighted by molar-refractivity contribution is -0.385. The molecule has 1 aromatic carbocycles. The molecule has 1 amide bonds. The van der Waals surface area contributed by atoms with Crippen LogP contribution in [0.5, 0.6) is 0 Å². The highest BCUT2D eigenvalue weighted by molar-refractivity contribution is 5.96. The van der Waals surface area contributed by atoms with Gasteiger partial charge in [-0.1, -0.05) is 12.5 Å². The summed E-state index contributed by atoms with van der Waals surface area (Å²) < 4.78 is 0. The van der Waals surface area contributed by atoms with Crippen LogP contribution < -0.4 is 11.1 Å². The number of carbonyl (C=O) groups excluding carboxylic acids is 1. The van der Waals surface area contributed by atoms with Gasteiger partial charge in [0.2, 0.25) is 5.91 Å². The van der Waals surface area contributed by atoms with Gasteiger partial charge in [-0.2, -0.15) is 0 Å². The van der Waals surface area contributed by atoms with E-state index in [-0.39, 0.29) is 11.6 Å².